The summed E-state index contributed by atoms with van der Waals surface area (Å²) in [5.74, 6) is 1.19. The molecule has 2 aromatic rings. The van der Waals surface area contributed by atoms with Crippen molar-refractivity contribution >= 4 is 27.0 Å². The van der Waals surface area contributed by atoms with Crippen molar-refractivity contribution in [1.82, 2.24) is 0 Å². The molecule has 0 aliphatic carbocycles. The van der Waals surface area contributed by atoms with Crippen LogP contribution in [-0.4, -0.2) is 22.3 Å². The first-order valence-corrected chi connectivity index (χ1v) is 7.83. The van der Waals surface area contributed by atoms with E-state index in [0.29, 0.717) is 21.4 Å². The third-order valence-electron chi connectivity index (χ3n) is 2.83. The Morgan fingerprint density at radius 3 is 2.74 bits per heavy atom. The van der Waals surface area contributed by atoms with Crippen LogP contribution in [0.3, 0.4) is 0 Å². The zero-order valence-corrected chi connectivity index (χ0v) is 11.7. The second-order valence-corrected chi connectivity index (χ2v) is 7.09. The molecule has 1 aromatic heterocycles. The maximum absolute atomic E-state index is 12.4. The molecule has 19 heavy (non-hydrogen) atoms. The fraction of sp³-hybridized carbons (Fsp3) is 0.167. The predicted octanol–water partition coefficient (Wildman–Crippen LogP) is 2.30. The summed E-state index contributed by atoms with van der Waals surface area (Å²) >= 11 is 1.19. The van der Waals surface area contributed by atoms with Gasteiger partial charge in [0.1, 0.15) is 4.21 Å². The maximum Gasteiger partial charge on any atom is 0.273 e. The summed E-state index contributed by atoms with van der Waals surface area (Å²) in [4.78, 5) is 0. The molecule has 100 valence electrons. The molecule has 0 fully saturated rings. The third kappa shape index (κ3) is 2.04. The molecule has 3 rings (SSSR count). The molecular formula is C12H11NO4S2. The van der Waals surface area contributed by atoms with Crippen molar-refractivity contribution in [2.75, 3.05) is 18.1 Å². The number of fused-ring (bicyclic) bond motifs is 1. The van der Waals surface area contributed by atoms with E-state index in [4.69, 9.17) is 9.47 Å². The number of rotatable bonds is 3. The minimum absolute atomic E-state index is 0.167. The van der Waals surface area contributed by atoms with Gasteiger partial charge in [-0.3, -0.25) is 4.31 Å². The van der Waals surface area contributed by atoms with E-state index in [2.05, 4.69) is 0 Å². The van der Waals surface area contributed by atoms with Crippen LogP contribution in [0.1, 0.15) is 0 Å². The van der Waals surface area contributed by atoms with E-state index >= 15 is 0 Å². The first-order valence-electron chi connectivity index (χ1n) is 5.51. The van der Waals surface area contributed by atoms with Crippen molar-refractivity contribution in [3.63, 3.8) is 0 Å². The molecular weight excluding hydrogens is 286 g/mol. The van der Waals surface area contributed by atoms with Gasteiger partial charge in [-0.1, -0.05) is 6.07 Å². The summed E-state index contributed by atoms with van der Waals surface area (Å²) < 4.78 is 36.7. The molecule has 7 heteroatoms. The van der Waals surface area contributed by atoms with Crippen molar-refractivity contribution in [2.45, 2.75) is 4.21 Å². The number of benzene rings is 1. The lowest BCUT2D eigenvalue weighted by atomic mass is 10.3. The highest BCUT2D eigenvalue weighted by molar-refractivity contribution is 7.94. The summed E-state index contributed by atoms with van der Waals surface area (Å²) in [5, 5.41) is 1.74. The van der Waals surface area contributed by atoms with E-state index in [-0.39, 0.29) is 6.79 Å². The molecule has 1 aliphatic heterocycles. The number of ether oxygens (including phenoxy) is 2. The molecule has 0 atom stereocenters. The van der Waals surface area contributed by atoms with Crippen LogP contribution < -0.4 is 13.8 Å². The molecule has 0 saturated heterocycles. The Labute approximate surface area is 115 Å². The van der Waals surface area contributed by atoms with Crippen molar-refractivity contribution in [2.24, 2.45) is 0 Å². The number of sulfonamides is 1. The van der Waals surface area contributed by atoms with E-state index in [1.165, 1.54) is 22.7 Å². The molecule has 0 N–H and O–H groups in total. The normalized spacial score (nSPS) is 13.5. The van der Waals surface area contributed by atoms with Gasteiger partial charge in [-0.05, 0) is 23.6 Å². The highest BCUT2D eigenvalue weighted by Crippen LogP contribution is 2.36. The Bertz CT molecular complexity index is 695. The summed E-state index contributed by atoms with van der Waals surface area (Å²) in [5.41, 5.74) is 0.539. The summed E-state index contributed by atoms with van der Waals surface area (Å²) in [6.07, 6.45) is 0. The number of nitrogens with zero attached hydrogens (tertiary/aromatic N) is 1. The smallest absolute Gasteiger partial charge is 0.273 e. The molecule has 0 amide bonds. The second-order valence-electron chi connectivity index (χ2n) is 3.94. The SMILES string of the molecule is CN(c1ccc2c(c1)OCO2)S(=O)(=O)c1cccs1. The Kier molecular flexibility index (Phi) is 2.87. The predicted molar refractivity (Wildman–Crippen MR) is 72.5 cm³/mol. The average Bonchev–Trinajstić information content (AvgIpc) is 3.07. The van der Waals surface area contributed by atoms with Crippen LogP contribution >= 0.6 is 11.3 Å². The van der Waals surface area contributed by atoms with Crippen molar-refractivity contribution in [3.8, 4) is 11.5 Å². The number of thiophene rings is 1. The number of hydrogen-bond donors (Lipinski definition) is 0. The highest BCUT2D eigenvalue weighted by Gasteiger charge is 2.24. The lowest BCUT2D eigenvalue weighted by Crippen LogP contribution is -2.25. The standard InChI is InChI=1S/C12H11NO4S2/c1-13(19(14,15)12-3-2-6-18-12)9-4-5-10-11(7-9)17-8-16-10/h2-7H,8H2,1H3. The lowest BCUT2D eigenvalue weighted by Gasteiger charge is -2.18. The molecule has 0 spiro atoms. The Balaban J connectivity index is 1.98. The second kappa shape index (κ2) is 4.43. The van der Waals surface area contributed by atoms with Gasteiger partial charge in [0, 0.05) is 13.1 Å². The van der Waals surface area contributed by atoms with Crippen LogP contribution in [-0.2, 0) is 10.0 Å². The van der Waals surface area contributed by atoms with Crippen molar-refractivity contribution < 1.29 is 17.9 Å². The summed E-state index contributed by atoms with van der Waals surface area (Å²) in [6.45, 7) is 0.167. The quantitative estimate of drug-likeness (QED) is 0.872. The molecule has 0 unspecified atom stereocenters. The van der Waals surface area contributed by atoms with E-state index in [0.717, 1.165) is 0 Å². The topological polar surface area (TPSA) is 55.8 Å². The van der Waals surface area contributed by atoms with Crippen LogP contribution in [0, 0.1) is 0 Å². The zero-order valence-electron chi connectivity index (χ0n) is 10.1. The molecule has 1 aromatic carbocycles. The van der Waals surface area contributed by atoms with Gasteiger partial charge in [0.05, 0.1) is 5.69 Å². The van der Waals surface area contributed by atoms with E-state index < -0.39 is 10.0 Å². The van der Waals surface area contributed by atoms with Crippen molar-refractivity contribution in [3.05, 3.63) is 35.7 Å². The Morgan fingerprint density at radius 1 is 1.21 bits per heavy atom. The van der Waals surface area contributed by atoms with Crippen LogP contribution in [0.5, 0.6) is 11.5 Å². The Morgan fingerprint density at radius 2 is 2.00 bits per heavy atom. The van der Waals surface area contributed by atoms with E-state index in [1.807, 2.05) is 0 Å². The van der Waals surface area contributed by atoms with Gasteiger partial charge in [0.2, 0.25) is 6.79 Å². The Hall–Kier alpha value is -1.73. The van der Waals surface area contributed by atoms with Crippen LogP contribution in [0.15, 0.2) is 39.9 Å². The highest BCUT2D eigenvalue weighted by atomic mass is 32.2. The fourth-order valence-corrected chi connectivity index (χ4v) is 4.11. The van der Waals surface area contributed by atoms with Gasteiger partial charge in [-0.25, -0.2) is 8.42 Å². The molecule has 1 aliphatic rings. The van der Waals surface area contributed by atoms with Crippen LogP contribution in [0.25, 0.3) is 0 Å². The molecule has 0 bridgehead atoms. The minimum atomic E-state index is -3.51. The maximum atomic E-state index is 12.4. The van der Waals surface area contributed by atoms with Crippen LogP contribution in [0.2, 0.25) is 0 Å². The first kappa shape index (κ1) is 12.3. The molecule has 0 saturated carbocycles. The molecule has 2 heterocycles. The van der Waals surface area contributed by atoms with Gasteiger partial charge in [-0.2, -0.15) is 0 Å². The summed E-state index contributed by atoms with van der Waals surface area (Å²) in [6, 6.07) is 8.36. The monoisotopic (exact) mass is 297 g/mol. The number of anilines is 1. The zero-order chi connectivity index (χ0) is 13.5. The first-order chi connectivity index (χ1) is 9.09. The largest absolute Gasteiger partial charge is 0.454 e. The fourth-order valence-electron chi connectivity index (χ4n) is 1.77. The lowest BCUT2D eigenvalue weighted by molar-refractivity contribution is 0.174. The number of hydrogen-bond acceptors (Lipinski definition) is 5. The third-order valence-corrected chi connectivity index (χ3v) is 5.99. The van der Waals surface area contributed by atoms with Crippen molar-refractivity contribution in [1.29, 1.82) is 0 Å². The van der Waals surface area contributed by atoms with Gasteiger partial charge < -0.3 is 9.47 Å². The van der Waals surface area contributed by atoms with Gasteiger partial charge in [0.25, 0.3) is 10.0 Å². The molecule has 5 nitrogen and oxygen atoms in total. The minimum Gasteiger partial charge on any atom is -0.454 e. The van der Waals surface area contributed by atoms with E-state index in [9.17, 15) is 8.42 Å². The summed E-state index contributed by atoms with van der Waals surface area (Å²) in [7, 11) is -1.99. The van der Waals surface area contributed by atoms with E-state index in [1.54, 1.807) is 35.7 Å². The molecule has 0 radical (unpaired) electrons. The average molecular weight is 297 g/mol. The van der Waals surface area contributed by atoms with Gasteiger partial charge in [0.15, 0.2) is 11.5 Å². The van der Waals surface area contributed by atoms with Crippen LogP contribution in [0.4, 0.5) is 5.69 Å². The van der Waals surface area contributed by atoms with Gasteiger partial charge in [-0.15, -0.1) is 11.3 Å². The van der Waals surface area contributed by atoms with Gasteiger partial charge >= 0.3 is 0 Å².